The smallest absolute Gasteiger partial charge is 0.253 e. The fourth-order valence-electron chi connectivity index (χ4n) is 3.63. The van der Waals surface area contributed by atoms with Gasteiger partial charge in [0.1, 0.15) is 0 Å². The topological polar surface area (TPSA) is 40.6 Å². The minimum atomic E-state index is 0.0913. The van der Waals surface area contributed by atoms with E-state index in [2.05, 4.69) is 26.0 Å². The van der Waals surface area contributed by atoms with Crippen LogP contribution < -0.4 is 0 Å². The normalized spacial score (nSPS) is 19.9. The number of carbonyl (C=O) groups excluding carboxylic acids is 2. The highest BCUT2D eigenvalue weighted by Crippen LogP contribution is 2.28. The number of hydrogen-bond donors (Lipinski definition) is 0. The molecule has 1 aromatic rings. The molecule has 3 rings (SSSR count). The van der Waals surface area contributed by atoms with Crippen LogP contribution in [-0.4, -0.2) is 47.8 Å². The molecule has 1 aromatic carbocycles. The Morgan fingerprint density at radius 1 is 1.00 bits per heavy atom. The van der Waals surface area contributed by atoms with Crippen molar-refractivity contribution in [3.05, 3.63) is 35.4 Å². The lowest BCUT2D eigenvalue weighted by atomic mass is 9.84. The predicted molar refractivity (Wildman–Crippen MR) is 99.6 cm³/mol. The summed E-state index contributed by atoms with van der Waals surface area (Å²) in [7, 11) is 0. The second-order valence-electron chi connectivity index (χ2n) is 7.53. The van der Waals surface area contributed by atoms with Gasteiger partial charge in [-0.05, 0) is 49.3 Å². The first kappa shape index (κ1) is 18.0. The molecule has 0 bridgehead atoms. The van der Waals surface area contributed by atoms with Gasteiger partial charge in [0.2, 0.25) is 5.91 Å². The van der Waals surface area contributed by atoms with Crippen LogP contribution in [0.1, 0.15) is 67.8 Å². The highest BCUT2D eigenvalue weighted by atomic mass is 16.2. The van der Waals surface area contributed by atoms with Gasteiger partial charge in [0.15, 0.2) is 0 Å². The molecule has 0 N–H and O–H groups in total. The summed E-state index contributed by atoms with van der Waals surface area (Å²) < 4.78 is 0. The molecule has 0 aromatic heterocycles. The van der Waals surface area contributed by atoms with E-state index in [1.807, 2.05) is 21.9 Å². The van der Waals surface area contributed by atoms with Gasteiger partial charge in [0, 0.05) is 37.7 Å². The highest BCUT2D eigenvalue weighted by Gasteiger charge is 2.31. The molecule has 1 aliphatic heterocycles. The summed E-state index contributed by atoms with van der Waals surface area (Å²) in [5.41, 5.74) is 2.04. The number of hydrogen-bond acceptors (Lipinski definition) is 2. The van der Waals surface area contributed by atoms with Crippen LogP contribution in [0.15, 0.2) is 24.3 Å². The lowest BCUT2D eigenvalue weighted by Gasteiger charge is -2.31. The maximum atomic E-state index is 12.8. The van der Waals surface area contributed by atoms with Crippen LogP contribution in [0.2, 0.25) is 0 Å². The third kappa shape index (κ3) is 4.05. The van der Waals surface area contributed by atoms with Crippen molar-refractivity contribution >= 4 is 11.8 Å². The number of carbonyl (C=O) groups is 2. The molecule has 1 aliphatic carbocycles. The molecule has 1 atom stereocenters. The van der Waals surface area contributed by atoms with Crippen molar-refractivity contribution in [2.45, 2.75) is 51.9 Å². The quantitative estimate of drug-likeness (QED) is 0.837. The maximum Gasteiger partial charge on any atom is 0.253 e. The van der Waals surface area contributed by atoms with E-state index in [1.54, 1.807) is 0 Å². The fraction of sp³-hybridized carbons (Fsp3) is 0.619. The number of benzene rings is 1. The molecule has 25 heavy (non-hydrogen) atoms. The first-order valence-electron chi connectivity index (χ1n) is 9.78. The minimum Gasteiger partial charge on any atom is -0.341 e. The van der Waals surface area contributed by atoms with Gasteiger partial charge in [-0.1, -0.05) is 32.4 Å². The van der Waals surface area contributed by atoms with Crippen LogP contribution in [0.4, 0.5) is 0 Å². The van der Waals surface area contributed by atoms with Crippen LogP contribution in [-0.2, 0) is 4.79 Å². The summed E-state index contributed by atoms with van der Waals surface area (Å²) in [5, 5.41) is 0. The summed E-state index contributed by atoms with van der Waals surface area (Å²) in [6.07, 6.45) is 5.24. The monoisotopic (exact) mass is 342 g/mol. The number of rotatable bonds is 4. The van der Waals surface area contributed by atoms with Crippen molar-refractivity contribution in [2.24, 2.45) is 5.92 Å². The summed E-state index contributed by atoms with van der Waals surface area (Å²) in [6, 6.07) is 8.05. The molecule has 0 radical (unpaired) electrons. The fourth-order valence-corrected chi connectivity index (χ4v) is 3.63. The van der Waals surface area contributed by atoms with Crippen LogP contribution in [0, 0.1) is 5.92 Å². The summed E-state index contributed by atoms with van der Waals surface area (Å²) in [5.74, 6) is 1.16. The van der Waals surface area contributed by atoms with Crippen molar-refractivity contribution < 1.29 is 9.59 Å². The van der Waals surface area contributed by atoms with Gasteiger partial charge >= 0.3 is 0 Å². The molecule has 2 amide bonds. The van der Waals surface area contributed by atoms with E-state index in [-0.39, 0.29) is 11.8 Å². The van der Waals surface area contributed by atoms with Crippen molar-refractivity contribution in [3.8, 4) is 0 Å². The Morgan fingerprint density at radius 2 is 1.64 bits per heavy atom. The first-order valence-corrected chi connectivity index (χ1v) is 9.78. The van der Waals surface area contributed by atoms with Gasteiger partial charge in [-0.15, -0.1) is 0 Å². The van der Waals surface area contributed by atoms with E-state index in [4.69, 9.17) is 0 Å². The second kappa shape index (κ2) is 8.03. The zero-order valence-electron chi connectivity index (χ0n) is 15.5. The zero-order valence-corrected chi connectivity index (χ0v) is 15.5. The lowest BCUT2D eigenvalue weighted by molar-refractivity contribution is -0.138. The molecule has 0 spiro atoms. The Balaban J connectivity index is 1.59. The molecule has 4 nitrogen and oxygen atoms in total. The third-order valence-electron chi connectivity index (χ3n) is 5.89. The van der Waals surface area contributed by atoms with E-state index in [0.29, 0.717) is 24.9 Å². The van der Waals surface area contributed by atoms with Gasteiger partial charge in [0.05, 0.1) is 0 Å². The second-order valence-corrected chi connectivity index (χ2v) is 7.53. The Bertz CT molecular complexity index is 607. The standard InChI is InChI=1S/C21H30N2O2/c1-3-16(2)17-8-10-19(11-9-17)21(25)23-13-5-12-22(14-15-23)20(24)18-6-4-7-18/h8-11,16,18H,3-7,12-15H2,1-2H3. The van der Waals surface area contributed by atoms with Crippen LogP contribution in [0.5, 0.6) is 0 Å². The maximum absolute atomic E-state index is 12.8. The zero-order chi connectivity index (χ0) is 17.8. The van der Waals surface area contributed by atoms with E-state index in [9.17, 15) is 9.59 Å². The molecular formula is C21H30N2O2. The Morgan fingerprint density at radius 3 is 2.24 bits per heavy atom. The van der Waals surface area contributed by atoms with E-state index >= 15 is 0 Å². The molecule has 1 unspecified atom stereocenters. The average Bonchev–Trinajstić information content (AvgIpc) is 2.85. The van der Waals surface area contributed by atoms with E-state index in [1.165, 1.54) is 12.0 Å². The molecule has 1 saturated carbocycles. The van der Waals surface area contributed by atoms with Crippen molar-refractivity contribution in [3.63, 3.8) is 0 Å². The van der Waals surface area contributed by atoms with Crippen molar-refractivity contribution in [2.75, 3.05) is 26.2 Å². The van der Waals surface area contributed by atoms with Gasteiger partial charge in [-0.2, -0.15) is 0 Å². The molecule has 136 valence electrons. The Hall–Kier alpha value is -1.84. The van der Waals surface area contributed by atoms with Crippen LogP contribution in [0.25, 0.3) is 0 Å². The van der Waals surface area contributed by atoms with Gasteiger partial charge in [-0.3, -0.25) is 9.59 Å². The molecule has 1 saturated heterocycles. The molecule has 2 aliphatic rings. The summed E-state index contributed by atoms with van der Waals surface area (Å²) in [4.78, 5) is 29.1. The molecule has 2 fully saturated rings. The first-order chi connectivity index (χ1) is 12.1. The van der Waals surface area contributed by atoms with Crippen molar-refractivity contribution in [1.82, 2.24) is 9.80 Å². The minimum absolute atomic E-state index is 0.0913. The van der Waals surface area contributed by atoms with Gasteiger partial charge in [-0.25, -0.2) is 0 Å². The number of amides is 2. The third-order valence-corrected chi connectivity index (χ3v) is 5.89. The Labute approximate surface area is 151 Å². The SMILES string of the molecule is CCC(C)c1ccc(C(=O)N2CCCN(C(=O)C3CCC3)CC2)cc1. The largest absolute Gasteiger partial charge is 0.341 e. The van der Waals surface area contributed by atoms with E-state index in [0.717, 1.165) is 44.3 Å². The van der Waals surface area contributed by atoms with E-state index < -0.39 is 0 Å². The van der Waals surface area contributed by atoms with Crippen molar-refractivity contribution in [1.29, 1.82) is 0 Å². The number of nitrogens with zero attached hydrogens (tertiary/aromatic N) is 2. The predicted octanol–water partition coefficient (Wildman–Crippen LogP) is 3.67. The molecular weight excluding hydrogens is 312 g/mol. The van der Waals surface area contributed by atoms with Gasteiger partial charge < -0.3 is 9.80 Å². The molecule has 4 heteroatoms. The lowest BCUT2D eigenvalue weighted by Crippen LogP contribution is -2.41. The summed E-state index contributed by atoms with van der Waals surface area (Å²) >= 11 is 0. The van der Waals surface area contributed by atoms with Crippen LogP contribution >= 0.6 is 0 Å². The summed E-state index contributed by atoms with van der Waals surface area (Å²) in [6.45, 7) is 7.22. The average molecular weight is 342 g/mol. The Kier molecular flexibility index (Phi) is 5.77. The van der Waals surface area contributed by atoms with Crippen LogP contribution in [0.3, 0.4) is 0 Å². The molecule has 1 heterocycles. The van der Waals surface area contributed by atoms with Gasteiger partial charge in [0.25, 0.3) is 5.91 Å². The highest BCUT2D eigenvalue weighted by molar-refractivity contribution is 5.94.